The van der Waals surface area contributed by atoms with Crippen LogP contribution < -0.4 is 4.90 Å². The molecule has 1 heterocycles. The quantitative estimate of drug-likeness (QED) is 0.669. The van der Waals surface area contributed by atoms with Gasteiger partial charge in [-0.2, -0.15) is 13.2 Å². The summed E-state index contributed by atoms with van der Waals surface area (Å²) in [5, 5.41) is 0. The monoisotopic (exact) mass is 319 g/mol. The van der Waals surface area contributed by atoms with Gasteiger partial charge in [-0.3, -0.25) is 0 Å². The van der Waals surface area contributed by atoms with Crippen molar-refractivity contribution in [2.24, 2.45) is 5.41 Å². The maximum absolute atomic E-state index is 13.3. The maximum atomic E-state index is 13.3. The minimum Gasteiger partial charge on any atom is -0.371 e. The lowest BCUT2D eigenvalue weighted by molar-refractivity contribution is -0.137. The Labute approximate surface area is 129 Å². The third kappa shape index (κ3) is 3.65. The van der Waals surface area contributed by atoms with Gasteiger partial charge in [0.25, 0.3) is 0 Å². The molecular formula is C16H21ClF3N. The van der Waals surface area contributed by atoms with E-state index in [-0.39, 0.29) is 17.0 Å². The van der Waals surface area contributed by atoms with Gasteiger partial charge in [0, 0.05) is 24.7 Å². The fourth-order valence-electron chi connectivity index (χ4n) is 2.81. The van der Waals surface area contributed by atoms with Crippen LogP contribution in [0.15, 0.2) is 18.2 Å². The van der Waals surface area contributed by atoms with Crippen molar-refractivity contribution in [3.63, 3.8) is 0 Å². The summed E-state index contributed by atoms with van der Waals surface area (Å²) < 4.78 is 39.8. The van der Waals surface area contributed by atoms with E-state index < -0.39 is 11.7 Å². The summed E-state index contributed by atoms with van der Waals surface area (Å²) in [6.07, 6.45) is -1.42. The number of anilines is 1. The fourth-order valence-corrected chi connectivity index (χ4v) is 2.98. The predicted molar refractivity (Wildman–Crippen MR) is 80.8 cm³/mol. The number of alkyl halides is 4. The van der Waals surface area contributed by atoms with Gasteiger partial charge >= 0.3 is 6.18 Å². The summed E-state index contributed by atoms with van der Waals surface area (Å²) in [5.41, 5.74) is 0.476. The van der Waals surface area contributed by atoms with E-state index >= 15 is 0 Å². The molecular weight excluding hydrogens is 299 g/mol. The van der Waals surface area contributed by atoms with Gasteiger partial charge in [-0.1, -0.05) is 26.3 Å². The smallest absolute Gasteiger partial charge is 0.371 e. The molecule has 0 amide bonds. The summed E-state index contributed by atoms with van der Waals surface area (Å²) >= 11 is 5.66. The number of hydrogen-bond donors (Lipinski definition) is 0. The SMILES string of the molecule is CCC1(C)CCN(c2ccc(CCl)cc2C(F)(F)F)CC1. The molecule has 0 bridgehead atoms. The molecule has 118 valence electrons. The Hall–Kier alpha value is -0.900. The lowest BCUT2D eigenvalue weighted by Crippen LogP contribution is -2.39. The summed E-state index contributed by atoms with van der Waals surface area (Å²) in [5.74, 6) is 0.0945. The van der Waals surface area contributed by atoms with Crippen LogP contribution in [0.1, 0.15) is 44.2 Å². The lowest BCUT2D eigenvalue weighted by Gasteiger charge is -2.40. The van der Waals surface area contributed by atoms with Crippen molar-refractivity contribution in [2.75, 3.05) is 18.0 Å². The number of halogens is 4. The van der Waals surface area contributed by atoms with E-state index in [0.29, 0.717) is 18.7 Å². The van der Waals surface area contributed by atoms with Crippen LogP contribution in [0.3, 0.4) is 0 Å². The van der Waals surface area contributed by atoms with Crippen LogP contribution >= 0.6 is 11.6 Å². The van der Waals surface area contributed by atoms with Crippen molar-refractivity contribution in [2.45, 2.75) is 45.2 Å². The Balaban J connectivity index is 2.28. The van der Waals surface area contributed by atoms with Crippen molar-refractivity contribution < 1.29 is 13.2 Å². The lowest BCUT2D eigenvalue weighted by atomic mass is 9.78. The second kappa shape index (κ2) is 6.07. The molecule has 0 spiro atoms. The first-order valence-electron chi connectivity index (χ1n) is 7.30. The standard InChI is InChI=1S/C16H21ClF3N/c1-3-15(2)6-8-21(9-7-15)14-5-4-12(11-17)10-13(14)16(18,19)20/h4-5,10H,3,6-9,11H2,1-2H3. The molecule has 1 aliphatic heterocycles. The second-order valence-corrected chi connectivity index (χ2v) is 6.40. The second-order valence-electron chi connectivity index (χ2n) is 6.13. The minimum absolute atomic E-state index is 0.0945. The molecule has 0 aromatic heterocycles. The van der Waals surface area contributed by atoms with Gasteiger partial charge in [0.05, 0.1) is 5.56 Å². The van der Waals surface area contributed by atoms with Gasteiger partial charge in [0.15, 0.2) is 0 Å². The highest BCUT2D eigenvalue weighted by Gasteiger charge is 2.37. The zero-order chi connectivity index (χ0) is 15.7. The summed E-state index contributed by atoms with van der Waals surface area (Å²) in [7, 11) is 0. The number of rotatable bonds is 3. The Kier molecular flexibility index (Phi) is 4.76. The van der Waals surface area contributed by atoms with Gasteiger partial charge in [-0.25, -0.2) is 0 Å². The fraction of sp³-hybridized carbons (Fsp3) is 0.625. The van der Waals surface area contributed by atoms with Crippen molar-refractivity contribution in [1.82, 2.24) is 0 Å². The molecule has 0 N–H and O–H groups in total. The molecule has 0 saturated carbocycles. The van der Waals surface area contributed by atoms with E-state index in [2.05, 4.69) is 13.8 Å². The molecule has 21 heavy (non-hydrogen) atoms. The summed E-state index contributed by atoms with van der Waals surface area (Å²) in [6, 6.07) is 4.43. The average Bonchev–Trinajstić information content (AvgIpc) is 2.46. The van der Waals surface area contributed by atoms with E-state index in [1.807, 2.05) is 4.90 Å². The molecule has 1 nitrogen and oxygen atoms in total. The molecule has 1 aromatic carbocycles. The zero-order valence-corrected chi connectivity index (χ0v) is 13.2. The number of nitrogens with zero attached hydrogens (tertiary/aromatic N) is 1. The third-order valence-corrected chi connectivity index (χ3v) is 4.99. The molecule has 0 unspecified atom stereocenters. The normalized spacial score (nSPS) is 18.9. The van der Waals surface area contributed by atoms with Crippen LogP contribution in [0.2, 0.25) is 0 Å². The van der Waals surface area contributed by atoms with E-state index in [0.717, 1.165) is 19.3 Å². The Morgan fingerprint density at radius 1 is 1.24 bits per heavy atom. The highest BCUT2D eigenvalue weighted by atomic mass is 35.5. The summed E-state index contributed by atoms with van der Waals surface area (Å²) in [6.45, 7) is 5.71. The van der Waals surface area contributed by atoms with E-state index in [1.54, 1.807) is 12.1 Å². The van der Waals surface area contributed by atoms with Gasteiger partial charge in [0.1, 0.15) is 0 Å². The zero-order valence-electron chi connectivity index (χ0n) is 12.4. The minimum atomic E-state index is -4.34. The van der Waals surface area contributed by atoms with Crippen molar-refractivity contribution in [3.05, 3.63) is 29.3 Å². The van der Waals surface area contributed by atoms with Crippen LogP contribution in [-0.4, -0.2) is 13.1 Å². The summed E-state index contributed by atoms with van der Waals surface area (Å²) in [4.78, 5) is 1.86. The van der Waals surface area contributed by atoms with Gasteiger partial charge in [-0.15, -0.1) is 11.6 Å². The molecule has 0 radical (unpaired) electrons. The first kappa shape index (κ1) is 16.5. The number of hydrogen-bond acceptors (Lipinski definition) is 1. The Morgan fingerprint density at radius 3 is 2.33 bits per heavy atom. The molecule has 1 saturated heterocycles. The molecule has 0 aliphatic carbocycles. The maximum Gasteiger partial charge on any atom is 0.418 e. The molecule has 1 aliphatic rings. The van der Waals surface area contributed by atoms with Crippen molar-refractivity contribution in [3.8, 4) is 0 Å². The van der Waals surface area contributed by atoms with Crippen LogP contribution in [-0.2, 0) is 12.1 Å². The highest BCUT2D eigenvalue weighted by molar-refractivity contribution is 6.17. The topological polar surface area (TPSA) is 3.24 Å². The van der Waals surface area contributed by atoms with Gasteiger partial charge < -0.3 is 4.90 Å². The number of piperidine rings is 1. The Morgan fingerprint density at radius 2 is 1.86 bits per heavy atom. The van der Waals surface area contributed by atoms with E-state index in [1.165, 1.54) is 6.07 Å². The highest BCUT2D eigenvalue weighted by Crippen LogP contribution is 2.41. The van der Waals surface area contributed by atoms with Crippen LogP contribution in [0.4, 0.5) is 18.9 Å². The van der Waals surface area contributed by atoms with Crippen molar-refractivity contribution >= 4 is 17.3 Å². The van der Waals surface area contributed by atoms with Crippen molar-refractivity contribution in [1.29, 1.82) is 0 Å². The predicted octanol–water partition coefficient (Wildman–Crippen LogP) is 5.46. The number of benzene rings is 1. The van der Waals surface area contributed by atoms with E-state index in [4.69, 9.17) is 11.6 Å². The van der Waals surface area contributed by atoms with Crippen LogP contribution in [0.25, 0.3) is 0 Å². The molecule has 0 atom stereocenters. The largest absolute Gasteiger partial charge is 0.418 e. The van der Waals surface area contributed by atoms with Crippen LogP contribution in [0, 0.1) is 5.41 Å². The molecule has 1 fully saturated rings. The first-order chi connectivity index (χ1) is 9.79. The molecule has 1 aromatic rings. The average molecular weight is 320 g/mol. The van der Waals surface area contributed by atoms with Gasteiger partial charge in [-0.05, 0) is 36.0 Å². The van der Waals surface area contributed by atoms with Gasteiger partial charge in [0.2, 0.25) is 0 Å². The first-order valence-corrected chi connectivity index (χ1v) is 7.83. The van der Waals surface area contributed by atoms with E-state index in [9.17, 15) is 13.2 Å². The van der Waals surface area contributed by atoms with Crippen LogP contribution in [0.5, 0.6) is 0 Å². The third-order valence-electron chi connectivity index (χ3n) is 4.69. The molecule has 2 rings (SSSR count). The Bertz CT molecular complexity index is 491. The molecule has 5 heteroatoms.